The highest BCUT2D eigenvalue weighted by molar-refractivity contribution is 9.10. The zero-order valence-corrected chi connectivity index (χ0v) is 43.5. The van der Waals surface area contributed by atoms with Crippen LogP contribution in [0, 0.1) is 0 Å². The molecule has 372 valence electrons. The molecule has 0 saturated heterocycles. The first-order valence-electron chi connectivity index (χ1n) is 25.6. The number of rotatable bonds is 13. The second-order valence-electron chi connectivity index (χ2n) is 18.4. The van der Waals surface area contributed by atoms with E-state index in [2.05, 4.69) is 346 Å². The molecule has 12 rings (SSSR count). The summed E-state index contributed by atoms with van der Waals surface area (Å²) in [6.45, 7) is 0. The zero-order valence-electron chi connectivity index (χ0n) is 41.9. The molecule has 0 atom stereocenters. The first kappa shape index (κ1) is 51.0. The number of benzene rings is 12. The van der Waals surface area contributed by atoms with E-state index < -0.39 is 0 Å². The van der Waals surface area contributed by atoms with Gasteiger partial charge in [-0.25, -0.2) is 0 Å². The number of para-hydroxylation sites is 4. The molecule has 1 N–H and O–H groups in total. The molecule has 0 aromatic heterocycles. The number of hydrogen-bond acceptors (Lipinski definition) is 3. The maximum absolute atomic E-state index is 3.58. The van der Waals surface area contributed by atoms with Crippen molar-refractivity contribution in [3.8, 4) is 55.6 Å². The summed E-state index contributed by atoms with van der Waals surface area (Å²) in [6.07, 6.45) is 0. The number of anilines is 8. The molecule has 0 bridgehead atoms. The maximum Gasteiger partial charge on any atom is 0.0462 e. The van der Waals surface area contributed by atoms with Crippen molar-refractivity contribution in [1.29, 1.82) is 0 Å². The number of nitrogens with zero attached hydrogens (tertiary/aromatic N) is 2. The van der Waals surface area contributed by atoms with Crippen LogP contribution < -0.4 is 15.1 Å². The van der Waals surface area contributed by atoms with Gasteiger partial charge in [0, 0.05) is 50.0 Å². The van der Waals surface area contributed by atoms with Gasteiger partial charge in [0.25, 0.3) is 0 Å². The Labute approximate surface area is 462 Å². The lowest BCUT2D eigenvalue weighted by Gasteiger charge is -2.25. The molecule has 0 amide bonds. The van der Waals surface area contributed by atoms with Crippen LogP contribution in [0.15, 0.2) is 326 Å². The molecule has 77 heavy (non-hydrogen) atoms. The highest BCUT2D eigenvalue weighted by atomic mass is 79.9. The van der Waals surface area contributed by atoms with Crippen molar-refractivity contribution in [3.05, 3.63) is 326 Å². The third-order valence-electron chi connectivity index (χ3n) is 13.4. The van der Waals surface area contributed by atoms with E-state index >= 15 is 0 Å². The Morgan fingerprint density at radius 2 is 0.377 bits per heavy atom. The predicted octanol–water partition coefficient (Wildman–Crippen LogP) is 21.8. The summed E-state index contributed by atoms with van der Waals surface area (Å²) in [5.41, 5.74) is 20.9. The molecular formula is C73H58BrN3. The van der Waals surface area contributed by atoms with E-state index in [-0.39, 0.29) is 7.43 Å². The molecule has 0 fully saturated rings. The van der Waals surface area contributed by atoms with Gasteiger partial charge < -0.3 is 15.1 Å². The minimum absolute atomic E-state index is 0. The molecular weight excluding hydrogens is 999 g/mol. The Morgan fingerprint density at radius 3 is 0.636 bits per heavy atom. The quantitative estimate of drug-likeness (QED) is 0.124. The molecule has 0 radical (unpaired) electrons. The van der Waals surface area contributed by atoms with Crippen molar-refractivity contribution < 1.29 is 0 Å². The second kappa shape index (κ2) is 24.7. The fraction of sp³-hybridized carbons (Fsp3) is 0.0137. The molecule has 12 aromatic rings. The summed E-state index contributed by atoms with van der Waals surface area (Å²) >= 11 is 3.42. The Morgan fingerprint density at radius 1 is 0.195 bits per heavy atom. The van der Waals surface area contributed by atoms with Crippen molar-refractivity contribution in [3.63, 3.8) is 0 Å². The number of hydrogen-bond donors (Lipinski definition) is 1. The van der Waals surface area contributed by atoms with Crippen LogP contribution in [0.1, 0.15) is 7.43 Å². The molecule has 0 aliphatic carbocycles. The SMILES string of the molecule is Brc1ccc(-c2ccccc2)cc1.C.c1ccc(N(c2ccccc2)c2ccc(-c3ccc(-c4ccc(Nc5ccc(-c6ccc(-c7ccc(N(c8ccccc8)c8ccccc8)cc7)cc6)cc5)cc4)cc3)cc2)cc1. The summed E-state index contributed by atoms with van der Waals surface area (Å²) in [7, 11) is 0. The molecule has 0 aliphatic heterocycles. The van der Waals surface area contributed by atoms with Crippen LogP contribution in [-0.4, -0.2) is 0 Å². The third kappa shape index (κ3) is 12.6. The molecule has 0 spiro atoms. The Bertz CT molecular complexity index is 3400. The van der Waals surface area contributed by atoms with Gasteiger partial charge in [-0.2, -0.15) is 0 Å². The monoisotopic (exact) mass is 1060 g/mol. The highest BCUT2D eigenvalue weighted by Crippen LogP contribution is 2.38. The largest absolute Gasteiger partial charge is 0.356 e. The summed E-state index contributed by atoms with van der Waals surface area (Å²) < 4.78 is 1.12. The van der Waals surface area contributed by atoms with E-state index in [0.29, 0.717) is 0 Å². The van der Waals surface area contributed by atoms with Crippen LogP contribution in [0.25, 0.3) is 55.6 Å². The minimum atomic E-state index is 0. The van der Waals surface area contributed by atoms with Gasteiger partial charge in [-0.3, -0.25) is 0 Å². The first-order valence-corrected chi connectivity index (χ1v) is 26.4. The summed E-state index contributed by atoms with van der Waals surface area (Å²) in [6, 6.07) is 113. The Kier molecular flexibility index (Phi) is 16.4. The molecule has 0 saturated carbocycles. The highest BCUT2D eigenvalue weighted by Gasteiger charge is 2.14. The van der Waals surface area contributed by atoms with Gasteiger partial charge in [0.05, 0.1) is 0 Å². The van der Waals surface area contributed by atoms with Crippen molar-refractivity contribution in [2.45, 2.75) is 7.43 Å². The van der Waals surface area contributed by atoms with Crippen LogP contribution in [0.4, 0.5) is 45.5 Å². The van der Waals surface area contributed by atoms with Gasteiger partial charge in [0.1, 0.15) is 0 Å². The van der Waals surface area contributed by atoms with Crippen LogP contribution in [0.3, 0.4) is 0 Å². The lowest BCUT2D eigenvalue weighted by molar-refractivity contribution is 1.28. The van der Waals surface area contributed by atoms with Gasteiger partial charge in [0.15, 0.2) is 0 Å². The van der Waals surface area contributed by atoms with Crippen molar-refractivity contribution >= 4 is 61.4 Å². The topological polar surface area (TPSA) is 18.5 Å². The maximum atomic E-state index is 3.58. The van der Waals surface area contributed by atoms with Gasteiger partial charge >= 0.3 is 0 Å². The molecule has 0 heterocycles. The smallest absolute Gasteiger partial charge is 0.0462 e. The molecule has 12 aromatic carbocycles. The van der Waals surface area contributed by atoms with Gasteiger partial charge in [-0.1, -0.05) is 236 Å². The minimum Gasteiger partial charge on any atom is -0.356 e. The average molecular weight is 1060 g/mol. The summed E-state index contributed by atoms with van der Waals surface area (Å²) in [5.74, 6) is 0. The Balaban J connectivity index is 0.000000419. The van der Waals surface area contributed by atoms with Gasteiger partial charge in [-0.05, 0) is 165 Å². The van der Waals surface area contributed by atoms with E-state index in [9.17, 15) is 0 Å². The van der Waals surface area contributed by atoms with E-state index in [1.165, 1.54) is 55.6 Å². The van der Waals surface area contributed by atoms with Gasteiger partial charge in [0.2, 0.25) is 0 Å². The number of halogens is 1. The average Bonchev–Trinajstić information content (AvgIpc) is 3.50. The number of nitrogens with one attached hydrogen (secondary N) is 1. The zero-order chi connectivity index (χ0) is 51.3. The van der Waals surface area contributed by atoms with E-state index in [1.807, 2.05) is 6.07 Å². The molecule has 4 heteroatoms. The lowest BCUT2D eigenvalue weighted by Crippen LogP contribution is -2.09. The van der Waals surface area contributed by atoms with E-state index in [0.717, 1.165) is 50.0 Å². The van der Waals surface area contributed by atoms with Crippen LogP contribution in [0.5, 0.6) is 0 Å². The fourth-order valence-corrected chi connectivity index (χ4v) is 9.71. The van der Waals surface area contributed by atoms with Crippen LogP contribution >= 0.6 is 15.9 Å². The summed E-state index contributed by atoms with van der Waals surface area (Å²) in [5, 5.41) is 3.58. The van der Waals surface area contributed by atoms with E-state index in [4.69, 9.17) is 0 Å². The van der Waals surface area contributed by atoms with Crippen LogP contribution in [-0.2, 0) is 0 Å². The van der Waals surface area contributed by atoms with Gasteiger partial charge in [-0.15, -0.1) is 0 Å². The Hall–Kier alpha value is -9.48. The van der Waals surface area contributed by atoms with Crippen molar-refractivity contribution in [1.82, 2.24) is 0 Å². The normalized spacial score (nSPS) is 10.6. The van der Waals surface area contributed by atoms with Crippen molar-refractivity contribution in [2.24, 2.45) is 0 Å². The molecule has 0 unspecified atom stereocenters. The third-order valence-corrected chi connectivity index (χ3v) is 14.0. The van der Waals surface area contributed by atoms with Crippen molar-refractivity contribution in [2.75, 3.05) is 15.1 Å². The van der Waals surface area contributed by atoms with Crippen LogP contribution in [0.2, 0.25) is 0 Å². The standard InChI is InChI=1S/C60H45N3.C12H9Br.CH4/c1-5-13-55(14-6-1)62(56-15-7-2-8-16-56)59-41-33-51(34-42-59)47-25-21-45(22-26-47)49-29-37-53(38-30-49)61-54-39-31-50(32-40-54)46-23-27-48(28-24-46)52-35-43-60(44-36-52)63(57-17-9-3-10-18-57)58-19-11-4-12-20-58;13-12-8-6-11(7-9-12)10-4-2-1-3-5-10;/h1-44,61H;1-9H;1H4. The fourth-order valence-electron chi connectivity index (χ4n) is 9.45. The summed E-state index contributed by atoms with van der Waals surface area (Å²) in [4.78, 5) is 4.57. The van der Waals surface area contributed by atoms with E-state index in [1.54, 1.807) is 0 Å². The predicted molar refractivity (Wildman–Crippen MR) is 334 cm³/mol. The second-order valence-corrected chi connectivity index (χ2v) is 19.3. The lowest BCUT2D eigenvalue weighted by atomic mass is 9.99. The molecule has 3 nitrogen and oxygen atoms in total. The molecule has 0 aliphatic rings. The first-order chi connectivity index (χ1) is 37.6.